The highest BCUT2D eigenvalue weighted by Gasteiger charge is 2.24. The van der Waals surface area contributed by atoms with Crippen molar-refractivity contribution in [2.45, 2.75) is 47.1 Å². The maximum atomic E-state index is 12.7. The third-order valence-electron chi connectivity index (χ3n) is 5.82. The Kier molecular flexibility index (Phi) is 6.22. The van der Waals surface area contributed by atoms with Gasteiger partial charge in [0.15, 0.2) is 0 Å². The van der Waals surface area contributed by atoms with Gasteiger partial charge in [0.05, 0.1) is 19.6 Å². The van der Waals surface area contributed by atoms with Crippen LogP contribution in [0.4, 0.5) is 0 Å². The molecule has 0 unspecified atom stereocenters. The zero-order valence-electron chi connectivity index (χ0n) is 17.3. The standard InChI is InChI=1S/C22H33N3O2/c1-14(2)19(25-8-10-27-11-9-25)13-23-20(26)12-18-17(5)24-22-16(4)7-6-15(3)21(18)22/h6-7,14,19,24H,8-13H2,1-5H3,(H,23,26)/t19-/m0/s1. The predicted octanol–water partition coefficient (Wildman–Crippen LogP) is 3.11. The topological polar surface area (TPSA) is 57.4 Å². The highest BCUT2D eigenvalue weighted by Crippen LogP contribution is 2.28. The Hall–Kier alpha value is -1.85. The second kappa shape index (κ2) is 8.44. The summed E-state index contributed by atoms with van der Waals surface area (Å²) in [7, 11) is 0. The first-order chi connectivity index (χ1) is 12.9. The lowest BCUT2D eigenvalue weighted by Crippen LogP contribution is -2.51. The van der Waals surface area contributed by atoms with Crippen molar-refractivity contribution in [2.75, 3.05) is 32.8 Å². The lowest BCUT2D eigenvalue weighted by atomic mass is 10.00. The fraction of sp³-hybridized carbons (Fsp3) is 0.591. The molecule has 1 atom stereocenters. The van der Waals surface area contributed by atoms with E-state index in [0.29, 0.717) is 24.9 Å². The second-order valence-electron chi connectivity index (χ2n) is 8.12. The Bertz CT molecular complexity index is 803. The first kappa shape index (κ1) is 19.9. The van der Waals surface area contributed by atoms with E-state index in [0.717, 1.165) is 43.1 Å². The molecular weight excluding hydrogens is 338 g/mol. The third kappa shape index (κ3) is 4.36. The van der Waals surface area contributed by atoms with Crippen LogP contribution >= 0.6 is 0 Å². The SMILES string of the molecule is Cc1[nH]c2c(C)ccc(C)c2c1CC(=O)NC[C@@H](C(C)C)N1CCOCC1. The summed E-state index contributed by atoms with van der Waals surface area (Å²) in [5.74, 6) is 0.585. The number of carbonyl (C=O) groups excluding carboxylic acids is 1. The Morgan fingerprint density at radius 3 is 2.52 bits per heavy atom. The van der Waals surface area contributed by atoms with Crippen LogP contribution < -0.4 is 5.32 Å². The zero-order chi connectivity index (χ0) is 19.6. The Balaban J connectivity index is 1.69. The number of amides is 1. The number of hydrogen-bond acceptors (Lipinski definition) is 3. The molecule has 2 N–H and O–H groups in total. The van der Waals surface area contributed by atoms with E-state index in [9.17, 15) is 4.79 Å². The third-order valence-corrected chi connectivity index (χ3v) is 5.82. The lowest BCUT2D eigenvalue weighted by Gasteiger charge is -2.36. The molecule has 0 aliphatic carbocycles. The van der Waals surface area contributed by atoms with Crippen molar-refractivity contribution in [2.24, 2.45) is 5.92 Å². The van der Waals surface area contributed by atoms with E-state index in [1.165, 1.54) is 16.5 Å². The number of ether oxygens (including phenoxy) is 1. The molecule has 1 amide bonds. The number of nitrogens with zero attached hydrogens (tertiary/aromatic N) is 1. The molecule has 0 saturated carbocycles. The number of fused-ring (bicyclic) bond motifs is 1. The summed E-state index contributed by atoms with van der Waals surface area (Å²) in [4.78, 5) is 18.7. The van der Waals surface area contributed by atoms with Crippen LogP contribution in [0, 0.1) is 26.7 Å². The van der Waals surface area contributed by atoms with Crippen molar-refractivity contribution >= 4 is 16.8 Å². The van der Waals surface area contributed by atoms with Crippen molar-refractivity contribution in [3.63, 3.8) is 0 Å². The number of nitrogens with one attached hydrogen (secondary N) is 2. The van der Waals surface area contributed by atoms with E-state index in [4.69, 9.17) is 4.74 Å². The number of rotatable bonds is 6. The summed E-state index contributed by atoms with van der Waals surface area (Å²) < 4.78 is 5.47. The average Bonchev–Trinajstić information content (AvgIpc) is 2.97. The molecule has 0 bridgehead atoms. The molecule has 1 aliphatic rings. The fourth-order valence-corrected chi connectivity index (χ4v) is 4.17. The van der Waals surface area contributed by atoms with E-state index in [2.05, 4.69) is 62.0 Å². The molecule has 27 heavy (non-hydrogen) atoms. The van der Waals surface area contributed by atoms with Crippen LogP contribution in [-0.4, -0.2) is 54.7 Å². The molecule has 3 rings (SSSR count). The first-order valence-electron chi connectivity index (χ1n) is 10.0. The number of aryl methyl sites for hydroxylation is 3. The molecule has 5 nitrogen and oxygen atoms in total. The summed E-state index contributed by atoms with van der Waals surface area (Å²) >= 11 is 0. The van der Waals surface area contributed by atoms with Crippen molar-refractivity contribution in [3.8, 4) is 0 Å². The summed E-state index contributed by atoms with van der Waals surface area (Å²) in [5, 5.41) is 4.40. The van der Waals surface area contributed by atoms with Gasteiger partial charge in [-0.2, -0.15) is 0 Å². The van der Waals surface area contributed by atoms with Gasteiger partial charge in [-0.3, -0.25) is 9.69 Å². The van der Waals surface area contributed by atoms with Crippen LogP contribution in [0.15, 0.2) is 12.1 Å². The van der Waals surface area contributed by atoms with E-state index >= 15 is 0 Å². The molecule has 2 heterocycles. The van der Waals surface area contributed by atoms with Gasteiger partial charge in [0.2, 0.25) is 5.91 Å². The maximum Gasteiger partial charge on any atom is 0.224 e. The van der Waals surface area contributed by atoms with Crippen molar-refractivity contribution in [1.82, 2.24) is 15.2 Å². The lowest BCUT2D eigenvalue weighted by molar-refractivity contribution is -0.120. The number of benzene rings is 1. The van der Waals surface area contributed by atoms with Crippen molar-refractivity contribution in [1.29, 1.82) is 0 Å². The van der Waals surface area contributed by atoms with Gasteiger partial charge in [0.25, 0.3) is 0 Å². The molecule has 148 valence electrons. The van der Waals surface area contributed by atoms with Gasteiger partial charge < -0.3 is 15.0 Å². The van der Waals surface area contributed by atoms with Crippen LogP contribution in [0.3, 0.4) is 0 Å². The second-order valence-corrected chi connectivity index (χ2v) is 8.12. The van der Waals surface area contributed by atoms with Crippen LogP contribution in [0.5, 0.6) is 0 Å². The summed E-state index contributed by atoms with van der Waals surface area (Å²) in [6.07, 6.45) is 0.421. The molecule has 0 radical (unpaired) electrons. The van der Waals surface area contributed by atoms with Crippen LogP contribution in [0.25, 0.3) is 10.9 Å². The van der Waals surface area contributed by atoms with Gasteiger partial charge >= 0.3 is 0 Å². The molecule has 1 aromatic heterocycles. The molecule has 1 saturated heterocycles. The van der Waals surface area contributed by atoms with Crippen molar-refractivity contribution in [3.05, 3.63) is 34.5 Å². The Morgan fingerprint density at radius 2 is 1.85 bits per heavy atom. The van der Waals surface area contributed by atoms with Gasteiger partial charge in [0.1, 0.15) is 0 Å². The van der Waals surface area contributed by atoms with Crippen LogP contribution in [0.1, 0.15) is 36.2 Å². The molecule has 0 spiro atoms. The first-order valence-corrected chi connectivity index (χ1v) is 10.0. The predicted molar refractivity (Wildman–Crippen MR) is 110 cm³/mol. The molecule has 1 fully saturated rings. The smallest absolute Gasteiger partial charge is 0.224 e. The fourth-order valence-electron chi connectivity index (χ4n) is 4.17. The molecule has 5 heteroatoms. The maximum absolute atomic E-state index is 12.7. The zero-order valence-corrected chi connectivity index (χ0v) is 17.3. The van der Waals surface area contributed by atoms with E-state index in [1.807, 2.05) is 0 Å². The number of hydrogen-bond donors (Lipinski definition) is 2. The van der Waals surface area contributed by atoms with Crippen molar-refractivity contribution < 1.29 is 9.53 Å². The van der Waals surface area contributed by atoms with Gasteiger partial charge in [-0.1, -0.05) is 26.0 Å². The average molecular weight is 372 g/mol. The normalized spacial score (nSPS) is 16.8. The number of carbonyl (C=O) groups is 1. The minimum Gasteiger partial charge on any atom is -0.379 e. The van der Waals surface area contributed by atoms with E-state index in [-0.39, 0.29) is 5.91 Å². The number of morpholine rings is 1. The highest BCUT2D eigenvalue weighted by atomic mass is 16.5. The monoisotopic (exact) mass is 371 g/mol. The van der Waals surface area contributed by atoms with Crippen LogP contribution in [0.2, 0.25) is 0 Å². The van der Waals surface area contributed by atoms with Gasteiger partial charge in [-0.25, -0.2) is 0 Å². The minimum absolute atomic E-state index is 0.0961. The summed E-state index contributed by atoms with van der Waals surface area (Å²) in [6.45, 7) is 14.9. The molecule has 2 aromatic rings. The molecule has 1 aromatic carbocycles. The van der Waals surface area contributed by atoms with Gasteiger partial charge in [-0.15, -0.1) is 0 Å². The van der Waals surface area contributed by atoms with E-state index in [1.54, 1.807) is 0 Å². The Morgan fingerprint density at radius 1 is 1.19 bits per heavy atom. The molecular formula is C22H33N3O2. The molecule has 1 aliphatic heterocycles. The number of aromatic nitrogens is 1. The quantitative estimate of drug-likeness (QED) is 0.820. The number of H-pyrrole nitrogens is 1. The summed E-state index contributed by atoms with van der Waals surface area (Å²) in [6, 6.07) is 4.62. The van der Waals surface area contributed by atoms with Gasteiger partial charge in [-0.05, 0) is 43.4 Å². The Labute approximate surface area is 162 Å². The van der Waals surface area contributed by atoms with Crippen LogP contribution in [-0.2, 0) is 16.0 Å². The van der Waals surface area contributed by atoms with Gasteiger partial charge in [0, 0.05) is 42.3 Å². The number of aromatic amines is 1. The largest absolute Gasteiger partial charge is 0.379 e. The van der Waals surface area contributed by atoms with E-state index < -0.39 is 0 Å². The highest BCUT2D eigenvalue weighted by molar-refractivity contribution is 5.93. The summed E-state index contributed by atoms with van der Waals surface area (Å²) in [5.41, 5.74) is 5.81. The minimum atomic E-state index is 0.0961.